The fraction of sp³-hybridized carbons (Fsp3) is 0.130. The largest absolute Gasteiger partial charge is 0.505 e. The lowest BCUT2D eigenvalue weighted by molar-refractivity contribution is 0.0208. The fourth-order valence-corrected chi connectivity index (χ4v) is 3.35. The summed E-state index contributed by atoms with van der Waals surface area (Å²) in [6.45, 7) is 1.13. The first-order valence-corrected chi connectivity index (χ1v) is 9.94. The number of benzene rings is 2. The van der Waals surface area contributed by atoms with Gasteiger partial charge in [-0.3, -0.25) is 4.79 Å². The van der Waals surface area contributed by atoms with Crippen molar-refractivity contribution in [3.05, 3.63) is 72.3 Å². The molecule has 1 saturated heterocycles. The van der Waals surface area contributed by atoms with Crippen LogP contribution in [0.1, 0.15) is 10.4 Å². The van der Waals surface area contributed by atoms with E-state index in [4.69, 9.17) is 4.74 Å². The lowest BCUT2D eigenvalue weighted by Gasteiger charge is -2.26. The van der Waals surface area contributed by atoms with Crippen LogP contribution in [0.25, 0.3) is 22.0 Å². The minimum absolute atomic E-state index is 0.116. The number of pyridine rings is 1. The van der Waals surface area contributed by atoms with Gasteiger partial charge in [-0.2, -0.15) is 0 Å². The number of aromatic nitrogens is 3. The van der Waals surface area contributed by atoms with Gasteiger partial charge in [-0.05, 0) is 29.8 Å². The molecule has 3 N–H and O–H groups in total. The van der Waals surface area contributed by atoms with Gasteiger partial charge < -0.3 is 20.5 Å². The average Bonchev–Trinajstić information content (AvgIpc) is 2.79. The zero-order valence-corrected chi connectivity index (χ0v) is 16.7. The van der Waals surface area contributed by atoms with E-state index in [-0.39, 0.29) is 11.9 Å². The van der Waals surface area contributed by atoms with Crippen LogP contribution in [0.4, 0.5) is 16.2 Å². The second-order valence-corrected chi connectivity index (χ2v) is 7.34. The van der Waals surface area contributed by atoms with Crippen LogP contribution in [0.15, 0.2) is 60.9 Å². The van der Waals surface area contributed by atoms with E-state index < -0.39 is 11.6 Å². The van der Waals surface area contributed by atoms with Crippen LogP contribution < -0.4 is 10.6 Å². The monoisotopic (exact) mass is 431 g/mol. The van der Waals surface area contributed by atoms with Gasteiger partial charge in [0.1, 0.15) is 5.82 Å². The SMILES string of the molecule is O=C(Nc1ncc(-c2ccc(F)c(O)c2)c2nc(NC3COC3)ncc12)c1ccccc1. The van der Waals surface area contributed by atoms with Crippen molar-refractivity contribution in [3.63, 3.8) is 0 Å². The highest BCUT2D eigenvalue weighted by atomic mass is 19.1. The van der Waals surface area contributed by atoms with E-state index in [0.29, 0.717) is 52.6 Å². The molecule has 0 saturated carbocycles. The molecule has 1 aliphatic heterocycles. The molecule has 5 rings (SSSR count). The third kappa shape index (κ3) is 3.81. The quantitative estimate of drug-likeness (QED) is 0.443. The van der Waals surface area contributed by atoms with Crippen molar-refractivity contribution in [2.75, 3.05) is 23.8 Å². The summed E-state index contributed by atoms with van der Waals surface area (Å²) >= 11 is 0. The lowest BCUT2D eigenvalue weighted by Crippen LogP contribution is -2.40. The molecule has 1 fully saturated rings. The lowest BCUT2D eigenvalue weighted by atomic mass is 10.0. The van der Waals surface area contributed by atoms with Crippen molar-refractivity contribution in [3.8, 4) is 16.9 Å². The molecule has 3 heterocycles. The minimum atomic E-state index is -0.722. The summed E-state index contributed by atoms with van der Waals surface area (Å²) in [5, 5.41) is 16.3. The Kier molecular flexibility index (Phi) is 5.08. The number of nitrogens with zero attached hydrogens (tertiary/aromatic N) is 3. The topological polar surface area (TPSA) is 109 Å². The molecule has 0 atom stereocenters. The van der Waals surface area contributed by atoms with Gasteiger partial charge in [-0.1, -0.05) is 24.3 Å². The summed E-state index contributed by atoms with van der Waals surface area (Å²) in [5.74, 6) is -0.830. The smallest absolute Gasteiger partial charge is 0.256 e. The molecule has 2 aromatic carbocycles. The predicted octanol–water partition coefficient (Wildman–Crippen LogP) is 3.60. The van der Waals surface area contributed by atoms with Gasteiger partial charge in [-0.25, -0.2) is 19.3 Å². The Hall–Kier alpha value is -4.11. The van der Waals surface area contributed by atoms with Gasteiger partial charge in [0.05, 0.1) is 30.2 Å². The van der Waals surface area contributed by atoms with Crippen LogP contribution in [-0.4, -0.2) is 45.2 Å². The third-order valence-corrected chi connectivity index (χ3v) is 5.12. The van der Waals surface area contributed by atoms with Crippen molar-refractivity contribution in [1.82, 2.24) is 15.0 Å². The molecule has 0 aliphatic carbocycles. The van der Waals surface area contributed by atoms with Crippen molar-refractivity contribution < 1.29 is 19.0 Å². The van der Waals surface area contributed by atoms with Crippen LogP contribution >= 0.6 is 0 Å². The number of phenolic OH excluding ortho intramolecular Hbond substituents is 1. The van der Waals surface area contributed by atoms with Crippen LogP contribution in [-0.2, 0) is 4.74 Å². The number of ether oxygens (including phenoxy) is 1. The third-order valence-electron chi connectivity index (χ3n) is 5.12. The van der Waals surface area contributed by atoms with E-state index in [1.807, 2.05) is 6.07 Å². The van der Waals surface area contributed by atoms with E-state index in [2.05, 4.69) is 25.6 Å². The number of anilines is 2. The van der Waals surface area contributed by atoms with E-state index in [1.54, 1.807) is 30.5 Å². The number of aromatic hydroxyl groups is 1. The number of carbonyl (C=O) groups is 1. The molecule has 9 heteroatoms. The number of halogens is 1. The summed E-state index contributed by atoms with van der Waals surface area (Å²) < 4.78 is 18.8. The average molecular weight is 431 g/mol. The molecule has 0 bridgehead atoms. The summed E-state index contributed by atoms with van der Waals surface area (Å²) in [6.07, 6.45) is 3.10. The molecule has 0 radical (unpaired) electrons. The van der Waals surface area contributed by atoms with Crippen molar-refractivity contribution in [2.24, 2.45) is 0 Å². The Morgan fingerprint density at radius 1 is 1.09 bits per heavy atom. The Labute approximate surface area is 182 Å². The number of hydrogen-bond acceptors (Lipinski definition) is 7. The predicted molar refractivity (Wildman–Crippen MR) is 117 cm³/mol. The molecular weight excluding hydrogens is 413 g/mol. The zero-order valence-electron chi connectivity index (χ0n) is 16.7. The molecule has 1 amide bonds. The second kappa shape index (κ2) is 8.20. The molecule has 160 valence electrons. The number of fused-ring (bicyclic) bond motifs is 1. The van der Waals surface area contributed by atoms with Gasteiger partial charge >= 0.3 is 0 Å². The highest BCUT2D eigenvalue weighted by Crippen LogP contribution is 2.33. The Bertz CT molecular complexity index is 1310. The number of carbonyl (C=O) groups excluding carboxylic acids is 1. The molecule has 32 heavy (non-hydrogen) atoms. The molecule has 0 spiro atoms. The first-order valence-electron chi connectivity index (χ1n) is 9.94. The summed E-state index contributed by atoms with van der Waals surface area (Å²) in [6, 6.07) is 12.9. The number of phenols is 1. The molecule has 4 aromatic rings. The van der Waals surface area contributed by atoms with Crippen molar-refractivity contribution in [2.45, 2.75) is 6.04 Å². The van der Waals surface area contributed by atoms with Crippen LogP contribution in [0.3, 0.4) is 0 Å². The number of hydrogen-bond donors (Lipinski definition) is 3. The highest BCUT2D eigenvalue weighted by molar-refractivity contribution is 6.09. The van der Waals surface area contributed by atoms with Gasteiger partial charge in [0.25, 0.3) is 5.91 Å². The van der Waals surface area contributed by atoms with Gasteiger partial charge in [0.2, 0.25) is 5.95 Å². The Morgan fingerprint density at radius 2 is 1.91 bits per heavy atom. The van der Waals surface area contributed by atoms with Crippen LogP contribution in [0, 0.1) is 5.82 Å². The Morgan fingerprint density at radius 3 is 2.62 bits per heavy atom. The van der Waals surface area contributed by atoms with Gasteiger partial charge in [0, 0.05) is 23.5 Å². The van der Waals surface area contributed by atoms with E-state index in [0.717, 1.165) is 0 Å². The van der Waals surface area contributed by atoms with Gasteiger partial charge in [-0.15, -0.1) is 0 Å². The molecule has 0 unspecified atom stereocenters. The van der Waals surface area contributed by atoms with Crippen LogP contribution in [0.5, 0.6) is 5.75 Å². The maximum atomic E-state index is 13.6. The normalized spacial score (nSPS) is 13.5. The minimum Gasteiger partial charge on any atom is -0.505 e. The molecule has 2 aromatic heterocycles. The maximum Gasteiger partial charge on any atom is 0.256 e. The summed E-state index contributed by atoms with van der Waals surface area (Å²) in [4.78, 5) is 26.0. The highest BCUT2D eigenvalue weighted by Gasteiger charge is 2.21. The first kappa shape index (κ1) is 19.8. The standard InChI is InChI=1S/C23H18FN5O3/c24-18-7-6-14(8-19(18)30)16-9-25-21(29-22(31)13-4-2-1-3-5-13)17-10-26-23(28-20(16)17)27-15-11-32-12-15/h1-10,15,30H,11-12H2,(H,25,29,31)(H,26,27,28). The van der Waals surface area contributed by atoms with Crippen LogP contribution in [0.2, 0.25) is 0 Å². The van der Waals surface area contributed by atoms with Gasteiger partial charge in [0.15, 0.2) is 11.6 Å². The van der Waals surface area contributed by atoms with E-state index >= 15 is 0 Å². The fourth-order valence-electron chi connectivity index (χ4n) is 3.35. The van der Waals surface area contributed by atoms with Crippen molar-refractivity contribution >= 4 is 28.6 Å². The molecule has 1 aliphatic rings. The zero-order chi connectivity index (χ0) is 22.1. The van der Waals surface area contributed by atoms with E-state index in [1.165, 1.54) is 24.4 Å². The molecule has 8 nitrogen and oxygen atoms in total. The number of amides is 1. The summed E-state index contributed by atoms with van der Waals surface area (Å²) in [7, 11) is 0. The molecular formula is C23H18FN5O3. The summed E-state index contributed by atoms with van der Waals surface area (Å²) in [5.41, 5.74) is 2.06. The number of rotatable bonds is 5. The first-order chi connectivity index (χ1) is 15.6. The second-order valence-electron chi connectivity index (χ2n) is 7.34. The number of nitrogens with one attached hydrogen (secondary N) is 2. The Balaban J connectivity index is 1.59. The van der Waals surface area contributed by atoms with E-state index in [9.17, 15) is 14.3 Å². The van der Waals surface area contributed by atoms with Crippen molar-refractivity contribution in [1.29, 1.82) is 0 Å². The maximum absolute atomic E-state index is 13.6.